The Kier molecular flexibility index (Phi) is 2.57. The molecule has 0 saturated carbocycles. The summed E-state index contributed by atoms with van der Waals surface area (Å²) >= 11 is 0. The SMILES string of the molecule is OC1(c2cccc3cnccc23)CCNCC1. The number of hydrogen-bond acceptors (Lipinski definition) is 3. The highest BCUT2D eigenvalue weighted by Gasteiger charge is 2.32. The molecule has 1 aliphatic heterocycles. The molecule has 3 rings (SSSR count). The Morgan fingerprint density at radius 1 is 1.18 bits per heavy atom. The molecular formula is C14H16N2O. The maximum absolute atomic E-state index is 10.8. The summed E-state index contributed by atoms with van der Waals surface area (Å²) in [6.45, 7) is 1.75. The van der Waals surface area contributed by atoms with Crippen molar-refractivity contribution >= 4 is 10.8 Å². The van der Waals surface area contributed by atoms with Gasteiger partial charge in [-0.15, -0.1) is 0 Å². The van der Waals surface area contributed by atoms with Crippen LogP contribution in [0.25, 0.3) is 10.8 Å². The molecular weight excluding hydrogens is 212 g/mol. The highest BCUT2D eigenvalue weighted by Crippen LogP contribution is 2.34. The lowest BCUT2D eigenvalue weighted by Gasteiger charge is -2.33. The monoisotopic (exact) mass is 228 g/mol. The summed E-state index contributed by atoms with van der Waals surface area (Å²) in [4.78, 5) is 4.13. The minimum Gasteiger partial charge on any atom is -0.385 e. The van der Waals surface area contributed by atoms with Crippen molar-refractivity contribution in [1.82, 2.24) is 10.3 Å². The minimum absolute atomic E-state index is 0.688. The van der Waals surface area contributed by atoms with E-state index in [1.807, 2.05) is 30.5 Å². The number of fused-ring (bicyclic) bond motifs is 1. The van der Waals surface area contributed by atoms with Crippen LogP contribution < -0.4 is 5.32 Å². The van der Waals surface area contributed by atoms with E-state index in [0.717, 1.165) is 42.3 Å². The van der Waals surface area contributed by atoms with Crippen molar-refractivity contribution in [3.8, 4) is 0 Å². The first kappa shape index (κ1) is 10.7. The molecule has 1 aliphatic rings. The minimum atomic E-state index is -0.688. The molecule has 1 saturated heterocycles. The molecule has 0 radical (unpaired) electrons. The van der Waals surface area contributed by atoms with Crippen LogP contribution in [0.15, 0.2) is 36.7 Å². The average Bonchev–Trinajstić information content (AvgIpc) is 2.39. The number of aromatic nitrogens is 1. The zero-order valence-corrected chi connectivity index (χ0v) is 9.69. The third-order valence-electron chi connectivity index (χ3n) is 3.61. The summed E-state index contributed by atoms with van der Waals surface area (Å²) in [6, 6.07) is 8.06. The van der Waals surface area contributed by atoms with Crippen LogP contribution >= 0.6 is 0 Å². The van der Waals surface area contributed by atoms with Crippen molar-refractivity contribution in [2.75, 3.05) is 13.1 Å². The van der Waals surface area contributed by atoms with Crippen molar-refractivity contribution in [1.29, 1.82) is 0 Å². The lowest BCUT2D eigenvalue weighted by molar-refractivity contribution is 0.00734. The Morgan fingerprint density at radius 3 is 2.82 bits per heavy atom. The van der Waals surface area contributed by atoms with Gasteiger partial charge in [0.2, 0.25) is 0 Å². The molecule has 0 unspecified atom stereocenters. The smallest absolute Gasteiger partial charge is 0.0926 e. The van der Waals surface area contributed by atoms with Crippen LogP contribution in [0, 0.1) is 0 Å². The van der Waals surface area contributed by atoms with Crippen LogP contribution in [0.3, 0.4) is 0 Å². The average molecular weight is 228 g/mol. The van der Waals surface area contributed by atoms with Crippen LogP contribution in [-0.2, 0) is 5.60 Å². The van der Waals surface area contributed by atoms with Crippen molar-refractivity contribution < 1.29 is 5.11 Å². The van der Waals surface area contributed by atoms with E-state index >= 15 is 0 Å². The highest BCUT2D eigenvalue weighted by atomic mass is 16.3. The van der Waals surface area contributed by atoms with Gasteiger partial charge >= 0.3 is 0 Å². The number of pyridine rings is 1. The van der Waals surface area contributed by atoms with Crippen molar-refractivity contribution in [2.24, 2.45) is 0 Å². The van der Waals surface area contributed by atoms with E-state index in [1.54, 1.807) is 6.20 Å². The molecule has 0 amide bonds. The molecule has 2 N–H and O–H groups in total. The van der Waals surface area contributed by atoms with E-state index in [-0.39, 0.29) is 0 Å². The molecule has 2 heterocycles. The van der Waals surface area contributed by atoms with Gasteiger partial charge in [0.15, 0.2) is 0 Å². The maximum atomic E-state index is 10.8. The summed E-state index contributed by atoms with van der Waals surface area (Å²) in [7, 11) is 0. The van der Waals surface area contributed by atoms with Gasteiger partial charge in [-0.3, -0.25) is 4.98 Å². The Morgan fingerprint density at radius 2 is 2.00 bits per heavy atom. The number of benzene rings is 1. The summed E-state index contributed by atoms with van der Waals surface area (Å²) < 4.78 is 0. The maximum Gasteiger partial charge on any atom is 0.0926 e. The number of nitrogens with zero attached hydrogens (tertiary/aromatic N) is 1. The van der Waals surface area contributed by atoms with Gasteiger partial charge in [-0.1, -0.05) is 18.2 Å². The van der Waals surface area contributed by atoms with E-state index < -0.39 is 5.60 Å². The van der Waals surface area contributed by atoms with Crippen molar-refractivity contribution in [2.45, 2.75) is 18.4 Å². The molecule has 0 spiro atoms. The van der Waals surface area contributed by atoms with Gasteiger partial charge in [0, 0.05) is 17.8 Å². The molecule has 0 atom stereocenters. The molecule has 0 bridgehead atoms. The predicted octanol–water partition coefficient (Wildman–Crippen LogP) is 1.81. The van der Waals surface area contributed by atoms with Gasteiger partial charge in [-0.25, -0.2) is 0 Å². The van der Waals surface area contributed by atoms with E-state index in [2.05, 4.69) is 10.3 Å². The van der Waals surface area contributed by atoms with Gasteiger partial charge < -0.3 is 10.4 Å². The van der Waals surface area contributed by atoms with Gasteiger partial charge in [0.05, 0.1) is 5.60 Å². The van der Waals surface area contributed by atoms with Gasteiger partial charge in [0.25, 0.3) is 0 Å². The number of rotatable bonds is 1. The van der Waals surface area contributed by atoms with Crippen LogP contribution in [0.2, 0.25) is 0 Å². The summed E-state index contributed by atoms with van der Waals surface area (Å²) in [5, 5.41) is 16.3. The number of hydrogen-bond donors (Lipinski definition) is 2. The third kappa shape index (κ3) is 1.81. The third-order valence-corrected chi connectivity index (χ3v) is 3.61. The number of piperidine rings is 1. The van der Waals surface area contributed by atoms with E-state index in [0.29, 0.717) is 0 Å². The lowest BCUT2D eigenvalue weighted by Crippen LogP contribution is -2.39. The molecule has 3 heteroatoms. The first-order valence-electron chi connectivity index (χ1n) is 6.06. The number of aliphatic hydroxyl groups is 1. The second-order valence-corrected chi connectivity index (χ2v) is 4.68. The normalized spacial score (nSPS) is 19.4. The van der Waals surface area contributed by atoms with Crippen molar-refractivity contribution in [3.63, 3.8) is 0 Å². The summed E-state index contributed by atoms with van der Waals surface area (Å²) in [5.74, 6) is 0. The fourth-order valence-corrected chi connectivity index (χ4v) is 2.64. The molecule has 1 aromatic carbocycles. The largest absolute Gasteiger partial charge is 0.385 e. The quantitative estimate of drug-likeness (QED) is 0.782. The Labute approximate surface area is 100 Å². The second-order valence-electron chi connectivity index (χ2n) is 4.68. The topological polar surface area (TPSA) is 45.2 Å². The number of nitrogens with one attached hydrogen (secondary N) is 1. The van der Waals surface area contributed by atoms with E-state index in [4.69, 9.17) is 0 Å². The van der Waals surface area contributed by atoms with Crippen LogP contribution in [-0.4, -0.2) is 23.2 Å². The molecule has 2 aromatic rings. The summed E-state index contributed by atoms with van der Waals surface area (Å²) in [6.07, 6.45) is 5.18. The molecule has 3 nitrogen and oxygen atoms in total. The van der Waals surface area contributed by atoms with E-state index in [9.17, 15) is 5.11 Å². The van der Waals surface area contributed by atoms with Crippen LogP contribution in [0.4, 0.5) is 0 Å². The van der Waals surface area contributed by atoms with Gasteiger partial charge in [-0.2, -0.15) is 0 Å². The molecule has 88 valence electrons. The Balaban J connectivity index is 2.16. The second kappa shape index (κ2) is 4.09. The predicted molar refractivity (Wildman–Crippen MR) is 67.7 cm³/mol. The Hall–Kier alpha value is -1.45. The van der Waals surface area contributed by atoms with E-state index in [1.165, 1.54) is 0 Å². The summed E-state index contributed by atoms with van der Waals surface area (Å²) in [5.41, 5.74) is 0.352. The molecule has 1 aromatic heterocycles. The van der Waals surface area contributed by atoms with Crippen molar-refractivity contribution in [3.05, 3.63) is 42.2 Å². The zero-order chi connectivity index (χ0) is 11.7. The fraction of sp³-hybridized carbons (Fsp3) is 0.357. The molecule has 1 fully saturated rings. The van der Waals surface area contributed by atoms with Gasteiger partial charge in [0.1, 0.15) is 0 Å². The zero-order valence-electron chi connectivity index (χ0n) is 9.69. The first-order chi connectivity index (χ1) is 8.30. The van der Waals surface area contributed by atoms with Crippen LogP contribution in [0.1, 0.15) is 18.4 Å². The fourth-order valence-electron chi connectivity index (χ4n) is 2.64. The Bertz CT molecular complexity index is 527. The lowest BCUT2D eigenvalue weighted by atomic mass is 9.83. The highest BCUT2D eigenvalue weighted by molar-refractivity contribution is 5.85. The standard InChI is InChI=1S/C14H16N2O/c17-14(5-8-15-9-6-14)13-3-1-2-11-10-16-7-4-12(11)13/h1-4,7,10,15,17H,5-6,8-9H2. The van der Waals surface area contributed by atoms with Crippen LogP contribution in [0.5, 0.6) is 0 Å². The molecule has 17 heavy (non-hydrogen) atoms. The van der Waals surface area contributed by atoms with Gasteiger partial charge in [-0.05, 0) is 42.9 Å². The molecule has 0 aliphatic carbocycles. The first-order valence-corrected chi connectivity index (χ1v) is 6.06.